The largest absolute Gasteiger partial charge is 0.490 e. The van der Waals surface area contributed by atoms with Crippen LogP contribution in [0.5, 0.6) is 11.5 Å². The van der Waals surface area contributed by atoms with Gasteiger partial charge >= 0.3 is 6.09 Å². The second kappa shape index (κ2) is 12.8. The van der Waals surface area contributed by atoms with Crippen LogP contribution in [0.1, 0.15) is 36.0 Å². The molecule has 3 aromatic carbocycles. The summed E-state index contributed by atoms with van der Waals surface area (Å²) >= 11 is 3.42. The summed E-state index contributed by atoms with van der Waals surface area (Å²) in [6.07, 6.45) is 1.42. The van der Waals surface area contributed by atoms with Crippen LogP contribution in [0.3, 0.4) is 0 Å². The molecule has 2 atom stereocenters. The molecule has 9 heteroatoms. The molecule has 1 saturated carbocycles. The van der Waals surface area contributed by atoms with Crippen LogP contribution in [0.4, 0.5) is 4.79 Å². The zero-order valence-corrected chi connectivity index (χ0v) is 25.8. The van der Waals surface area contributed by atoms with Crippen LogP contribution in [-0.2, 0) is 11.3 Å². The molecule has 224 valence electrons. The minimum Gasteiger partial charge on any atom is -0.490 e. The zero-order chi connectivity index (χ0) is 29.9. The average Bonchev–Trinajstić information content (AvgIpc) is 3.85. The summed E-state index contributed by atoms with van der Waals surface area (Å²) < 4.78 is 12.7. The summed E-state index contributed by atoms with van der Waals surface area (Å²) in [5.74, 6) is 1.42. The van der Waals surface area contributed by atoms with Gasteiger partial charge in [-0.05, 0) is 84.8 Å². The number of rotatable bonds is 10. The van der Waals surface area contributed by atoms with E-state index in [9.17, 15) is 14.7 Å². The Bertz CT molecular complexity index is 1500. The van der Waals surface area contributed by atoms with Gasteiger partial charge in [0.1, 0.15) is 24.7 Å². The van der Waals surface area contributed by atoms with Crippen molar-refractivity contribution >= 4 is 33.5 Å². The minimum atomic E-state index is -0.980. The molecular weight excluding hydrogens is 610 g/mol. The van der Waals surface area contributed by atoms with Gasteiger partial charge in [0.25, 0.3) is 5.91 Å². The van der Waals surface area contributed by atoms with Crippen molar-refractivity contribution < 1.29 is 24.2 Å². The van der Waals surface area contributed by atoms with Crippen molar-refractivity contribution in [2.75, 3.05) is 26.3 Å². The van der Waals surface area contributed by atoms with Crippen molar-refractivity contribution in [1.82, 2.24) is 15.1 Å². The Hall–Kier alpha value is -3.82. The molecule has 2 N–H and O–H groups in total. The molecule has 2 aliphatic heterocycles. The molecule has 8 nitrogen and oxygen atoms in total. The first-order chi connectivity index (χ1) is 20.9. The Labute approximate surface area is 260 Å². The van der Waals surface area contributed by atoms with Crippen LogP contribution >= 0.6 is 15.9 Å². The lowest BCUT2D eigenvalue weighted by molar-refractivity contribution is -0.129. The van der Waals surface area contributed by atoms with E-state index in [1.54, 1.807) is 0 Å². The van der Waals surface area contributed by atoms with Crippen molar-refractivity contribution in [3.05, 3.63) is 99.5 Å². The van der Waals surface area contributed by atoms with E-state index in [2.05, 4.69) is 40.3 Å². The normalized spacial score (nSPS) is 19.6. The number of ether oxygens (including phenoxy) is 2. The number of carboxylic acid groups (broad SMARTS) is 1. The molecule has 1 saturated heterocycles. The van der Waals surface area contributed by atoms with Crippen molar-refractivity contribution in [2.45, 2.75) is 50.9 Å². The van der Waals surface area contributed by atoms with Crippen LogP contribution in [0.2, 0.25) is 0 Å². The summed E-state index contributed by atoms with van der Waals surface area (Å²) in [5.41, 5.74) is 4.70. The SMILES string of the molecule is Cc1ccccc1CN(C(=O)C1=C(c2ccc(OCCOc3ccc(Br)cc3)cc2)C[C@@H]2CNC[C@H]1N2C(=O)O)C1CC1. The summed E-state index contributed by atoms with van der Waals surface area (Å²) in [7, 11) is 0. The number of nitrogens with zero attached hydrogens (tertiary/aromatic N) is 2. The average molecular weight is 647 g/mol. The van der Waals surface area contributed by atoms with Crippen LogP contribution in [0.15, 0.2) is 82.8 Å². The van der Waals surface area contributed by atoms with Crippen LogP contribution < -0.4 is 14.8 Å². The molecule has 6 rings (SSSR count). The van der Waals surface area contributed by atoms with Gasteiger partial charge in [-0.15, -0.1) is 0 Å². The monoisotopic (exact) mass is 645 g/mol. The number of nitrogens with one attached hydrogen (secondary N) is 1. The predicted molar refractivity (Wildman–Crippen MR) is 168 cm³/mol. The smallest absolute Gasteiger partial charge is 0.408 e. The molecule has 0 aromatic heterocycles. The van der Waals surface area contributed by atoms with Gasteiger partial charge in [-0.2, -0.15) is 0 Å². The first kappa shape index (κ1) is 29.3. The van der Waals surface area contributed by atoms with Crippen molar-refractivity contribution in [2.24, 2.45) is 0 Å². The van der Waals surface area contributed by atoms with Gasteiger partial charge in [-0.25, -0.2) is 4.79 Å². The molecule has 2 amide bonds. The molecular formula is C34H36BrN3O5. The second-order valence-electron chi connectivity index (χ2n) is 11.4. The molecule has 0 unspecified atom stereocenters. The summed E-state index contributed by atoms with van der Waals surface area (Å²) in [4.78, 5) is 30.4. The number of halogens is 1. The lowest BCUT2D eigenvalue weighted by Gasteiger charge is -2.47. The quantitative estimate of drug-likeness (QED) is 0.268. The molecule has 1 aliphatic carbocycles. The highest BCUT2D eigenvalue weighted by atomic mass is 79.9. The maximum atomic E-state index is 14.5. The van der Waals surface area contributed by atoms with Crippen LogP contribution in [0.25, 0.3) is 5.57 Å². The molecule has 3 aromatic rings. The van der Waals surface area contributed by atoms with E-state index in [1.165, 1.54) is 4.90 Å². The van der Waals surface area contributed by atoms with Crippen LogP contribution in [-0.4, -0.2) is 71.3 Å². The van der Waals surface area contributed by atoms with Gasteiger partial charge in [0.15, 0.2) is 0 Å². The van der Waals surface area contributed by atoms with E-state index >= 15 is 0 Å². The number of piperazine rings is 1. The number of aryl methyl sites for hydroxylation is 1. The summed E-state index contributed by atoms with van der Waals surface area (Å²) in [6, 6.07) is 23.0. The Balaban J connectivity index is 1.25. The van der Waals surface area contributed by atoms with Gasteiger partial charge in [-0.1, -0.05) is 52.3 Å². The van der Waals surface area contributed by atoms with Crippen molar-refractivity contribution in [3.8, 4) is 11.5 Å². The van der Waals surface area contributed by atoms with Crippen molar-refractivity contribution in [3.63, 3.8) is 0 Å². The summed E-state index contributed by atoms with van der Waals surface area (Å²) in [6.45, 7) is 4.35. The third kappa shape index (κ3) is 6.58. The first-order valence-corrected chi connectivity index (χ1v) is 15.6. The van der Waals surface area contributed by atoms with Gasteiger partial charge in [0.2, 0.25) is 0 Å². The Kier molecular flexibility index (Phi) is 8.72. The van der Waals surface area contributed by atoms with Gasteiger partial charge < -0.3 is 24.8 Å². The standard InChI is InChI=1S/C34H36BrN3O5/c1-22-4-2-3-5-24(22)21-37(26-10-11-26)33(39)32-30(18-27-19-36-20-31(32)38(27)34(40)41)23-6-12-28(13-7-23)42-16-17-43-29-14-8-25(35)9-15-29/h2-9,12-15,26-27,31,36H,10-11,16-21H2,1H3,(H,40,41)/t27-,31-/m1/s1. The van der Waals surface area contributed by atoms with E-state index < -0.39 is 12.1 Å². The third-order valence-corrected chi connectivity index (χ3v) is 9.01. The van der Waals surface area contributed by atoms with Gasteiger partial charge in [-0.3, -0.25) is 9.69 Å². The van der Waals surface area contributed by atoms with Gasteiger partial charge in [0.05, 0.1) is 12.1 Å². The molecule has 43 heavy (non-hydrogen) atoms. The molecule has 2 fully saturated rings. The maximum Gasteiger partial charge on any atom is 0.408 e. The second-order valence-corrected chi connectivity index (χ2v) is 12.3. The fraction of sp³-hybridized carbons (Fsp3) is 0.353. The molecule has 0 spiro atoms. The number of hydrogen-bond donors (Lipinski definition) is 2. The molecule has 0 radical (unpaired) electrons. The Morgan fingerprint density at radius 1 is 0.953 bits per heavy atom. The highest BCUT2D eigenvalue weighted by Crippen LogP contribution is 2.40. The fourth-order valence-electron chi connectivity index (χ4n) is 6.11. The number of benzene rings is 3. The van der Waals surface area contributed by atoms with E-state index in [-0.39, 0.29) is 18.0 Å². The Morgan fingerprint density at radius 2 is 1.60 bits per heavy atom. The maximum absolute atomic E-state index is 14.5. The molecule has 3 aliphatic rings. The van der Waals surface area contributed by atoms with Gasteiger partial charge in [0, 0.05) is 35.7 Å². The topological polar surface area (TPSA) is 91.3 Å². The lowest BCUT2D eigenvalue weighted by Crippen LogP contribution is -2.63. The predicted octanol–water partition coefficient (Wildman–Crippen LogP) is 5.88. The van der Waals surface area contributed by atoms with E-state index in [1.807, 2.05) is 65.6 Å². The zero-order valence-electron chi connectivity index (χ0n) is 24.2. The third-order valence-electron chi connectivity index (χ3n) is 8.48. The molecule has 2 bridgehead atoms. The number of fused-ring (bicyclic) bond motifs is 2. The fourth-order valence-corrected chi connectivity index (χ4v) is 6.38. The number of carbonyl (C=O) groups is 2. The first-order valence-electron chi connectivity index (χ1n) is 14.8. The van der Waals surface area contributed by atoms with Crippen molar-refractivity contribution in [1.29, 1.82) is 0 Å². The number of carbonyl (C=O) groups excluding carboxylic acids is 1. The number of amides is 2. The lowest BCUT2D eigenvalue weighted by atomic mass is 9.82. The highest BCUT2D eigenvalue weighted by molar-refractivity contribution is 9.10. The molecule has 2 heterocycles. The highest BCUT2D eigenvalue weighted by Gasteiger charge is 2.46. The number of hydrogen-bond acceptors (Lipinski definition) is 5. The Morgan fingerprint density at radius 3 is 2.23 bits per heavy atom. The van der Waals surface area contributed by atoms with E-state index in [0.717, 1.165) is 45.3 Å². The minimum absolute atomic E-state index is 0.0652. The van der Waals surface area contributed by atoms with Crippen LogP contribution in [0, 0.1) is 6.92 Å². The van der Waals surface area contributed by atoms with E-state index in [4.69, 9.17) is 9.47 Å². The van der Waals surface area contributed by atoms with E-state index in [0.29, 0.717) is 50.6 Å². The summed E-state index contributed by atoms with van der Waals surface area (Å²) in [5, 5.41) is 13.6.